The van der Waals surface area contributed by atoms with Gasteiger partial charge in [0.15, 0.2) is 0 Å². The summed E-state index contributed by atoms with van der Waals surface area (Å²) in [7, 11) is 1.57. The van der Waals surface area contributed by atoms with Gasteiger partial charge < -0.3 is 20.7 Å². The summed E-state index contributed by atoms with van der Waals surface area (Å²) < 4.78 is 5.27. The smallest absolute Gasteiger partial charge is 0.243 e. The number of carbonyl (C=O) groups excluding carboxylic acids is 2. The second-order valence-corrected chi connectivity index (χ2v) is 7.39. The van der Waals surface area contributed by atoms with Gasteiger partial charge >= 0.3 is 0 Å². The molecule has 0 unspecified atom stereocenters. The third kappa shape index (κ3) is 6.02. The summed E-state index contributed by atoms with van der Waals surface area (Å²) in [5.74, 6) is 0.354. The number of hydrogen-bond acceptors (Lipinski definition) is 4. The lowest BCUT2D eigenvalue weighted by molar-refractivity contribution is -0.123. The van der Waals surface area contributed by atoms with Gasteiger partial charge in [-0.3, -0.25) is 9.59 Å². The quantitative estimate of drug-likeness (QED) is 0.718. The highest BCUT2D eigenvalue weighted by molar-refractivity contribution is 5.96. The molecule has 0 spiro atoms. The van der Waals surface area contributed by atoms with Crippen LogP contribution in [0.25, 0.3) is 0 Å². The minimum absolute atomic E-state index is 0.0658. The van der Waals surface area contributed by atoms with Crippen molar-refractivity contribution in [1.29, 1.82) is 0 Å². The first-order valence-electron chi connectivity index (χ1n) is 8.79. The van der Waals surface area contributed by atoms with Gasteiger partial charge in [0.25, 0.3) is 0 Å². The number of hydrogen-bond donors (Lipinski definition) is 3. The SMILES string of the molecule is COc1ccc(C)cc1NC(=O)CNc1cccc(NC(=O)C(C)(C)C)c1. The van der Waals surface area contributed by atoms with Crippen molar-refractivity contribution in [3.8, 4) is 5.75 Å². The van der Waals surface area contributed by atoms with Crippen LogP contribution < -0.4 is 20.7 Å². The Bertz CT molecular complexity index is 826. The molecule has 0 aliphatic carbocycles. The normalized spacial score (nSPS) is 10.9. The van der Waals surface area contributed by atoms with Crippen LogP contribution in [0.15, 0.2) is 42.5 Å². The van der Waals surface area contributed by atoms with Crippen molar-refractivity contribution in [2.45, 2.75) is 27.7 Å². The summed E-state index contributed by atoms with van der Waals surface area (Å²) >= 11 is 0. The van der Waals surface area contributed by atoms with Crippen molar-refractivity contribution in [1.82, 2.24) is 0 Å². The van der Waals surface area contributed by atoms with Crippen molar-refractivity contribution in [3.05, 3.63) is 48.0 Å². The fourth-order valence-corrected chi connectivity index (χ4v) is 2.32. The van der Waals surface area contributed by atoms with Gasteiger partial charge in [0.05, 0.1) is 19.3 Å². The molecular weight excluding hydrogens is 342 g/mol. The summed E-state index contributed by atoms with van der Waals surface area (Å²) in [5.41, 5.74) is 2.61. The molecule has 0 aromatic heterocycles. The molecule has 0 atom stereocenters. The molecule has 3 N–H and O–H groups in total. The van der Waals surface area contributed by atoms with Gasteiger partial charge in [0.2, 0.25) is 11.8 Å². The van der Waals surface area contributed by atoms with E-state index in [1.165, 1.54) is 0 Å². The van der Waals surface area contributed by atoms with E-state index in [1.54, 1.807) is 13.2 Å². The Labute approximate surface area is 160 Å². The van der Waals surface area contributed by atoms with Crippen molar-refractivity contribution in [3.63, 3.8) is 0 Å². The van der Waals surface area contributed by atoms with E-state index in [0.29, 0.717) is 17.1 Å². The summed E-state index contributed by atoms with van der Waals surface area (Å²) in [6.07, 6.45) is 0. The Kier molecular flexibility index (Phi) is 6.45. The maximum absolute atomic E-state index is 12.3. The molecule has 0 heterocycles. The number of aryl methyl sites for hydroxylation is 1. The fraction of sp³-hybridized carbons (Fsp3) is 0.333. The Hall–Kier alpha value is -3.02. The molecule has 2 amide bonds. The second-order valence-electron chi connectivity index (χ2n) is 7.39. The summed E-state index contributed by atoms with van der Waals surface area (Å²) in [5, 5.41) is 8.78. The number of carbonyl (C=O) groups is 2. The molecule has 0 saturated heterocycles. The lowest BCUT2D eigenvalue weighted by atomic mass is 9.95. The molecular formula is C21H27N3O3. The van der Waals surface area contributed by atoms with E-state index in [0.717, 1.165) is 11.3 Å². The maximum Gasteiger partial charge on any atom is 0.243 e. The van der Waals surface area contributed by atoms with Crippen LogP contribution in [-0.4, -0.2) is 25.5 Å². The molecule has 0 saturated carbocycles. The number of rotatable bonds is 6. The predicted molar refractivity (Wildman–Crippen MR) is 109 cm³/mol. The lowest BCUT2D eigenvalue weighted by Gasteiger charge is -2.18. The van der Waals surface area contributed by atoms with Gasteiger partial charge in [0, 0.05) is 16.8 Å². The highest BCUT2D eigenvalue weighted by atomic mass is 16.5. The maximum atomic E-state index is 12.3. The van der Waals surface area contributed by atoms with E-state index in [2.05, 4.69) is 16.0 Å². The van der Waals surface area contributed by atoms with Crippen LogP contribution in [-0.2, 0) is 9.59 Å². The number of benzene rings is 2. The molecule has 6 nitrogen and oxygen atoms in total. The van der Waals surface area contributed by atoms with E-state index >= 15 is 0 Å². The first-order valence-corrected chi connectivity index (χ1v) is 8.79. The summed E-state index contributed by atoms with van der Waals surface area (Å²) in [6.45, 7) is 7.61. The molecule has 2 aromatic rings. The monoisotopic (exact) mass is 369 g/mol. The van der Waals surface area contributed by atoms with Crippen LogP contribution in [0.1, 0.15) is 26.3 Å². The lowest BCUT2D eigenvalue weighted by Crippen LogP contribution is -2.27. The average molecular weight is 369 g/mol. The Balaban J connectivity index is 1.97. The van der Waals surface area contributed by atoms with Crippen LogP contribution in [0, 0.1) is 12.3 Å². The highest BCUT2D eigenvalue weighted by Crippen LogP contribution is 2.25. The minimum atomic E-state index is -0.476. The first-order chi connectivity index (χ1) is 12.7. The number of anilines is 3. The Morgan fingerprint density at radius 2 is 1.70 bits per heavy atom. The molecule has 144 valence electrons. The largest absolute Gasteiger partial charge is 0.495 e. The molecule has 0 aliphatic heterocycles. The van der Waals surface area contributed by atoms with Crippen LogP contribution in [0.5, 0.6) is 5.75 Å². The van der Waals surface area contributed by atoms with Crippen molar-refractivity contribution in [2.75, 3.05) is 29.6 Å². The fourth-order valence-electron chi connectivity index (χ4n) is 2.32. The van der Waals surface area contributed by atoms with Gasteiger partial charge in [-0.15, -0.1) is 0 Å². The third-order valence-electron chi connectivity index (χ3n) is 3.88. The van der Waals surface area contributed by atoms with E-state index < -0.39 is 5.41 Å². The molecule has 0 aliphatic rings. The van der Waals surface area contributed by atoms with Gasteiger partial charge in [-0.1, -0.05) is 32.9 Å². The van der Waals surface area contributed by atoms with E-state index in [-0.39, 0.29) is 18.4 Å². The number of methoxy groups -OCH3 is 1. The summed E-state index contributed by atoms with van der Waals surface area (Å²) in [6, 6.07) is 12.9. The Morgan fingerprint density at radius 3 is 2.37 bits per heavy atom. The zero-order chi connectivity index (χ0) is 20.0. The number of ether oxygens (including phenoxy) is 1. The summed E-state index contributed by atoms with van der Waals surface area (Å²) in [4.78, 5) is 24.4. The van der Waals surface area contributed by atoms with Crippen molar-refractivity contribution >= 4 is 28.9 Å². The molecule has 0 bridgehead atoms. The average Bonchev–Trinajstić information content (AvgIpc) is 2.60. The standard InChI is InChI=1S/C21H27N3O3/c1-14-9-10-18(27-5)17(11-14)24-19(25)13-22-15-7-6-8-16(12-15)23-20(26)21(2,3)4/h6-12,22H,13H2,1-5H3,(H,23,26)(H,24,25). The zero-order valence-corrected chi connectivity index (χ0v) is 16.5. The van der Waals surface area contributed by atoms with E-state index in [4.69, 9.17) is 4.74 Å². The van der Waals surface area contributed by atoms with E-state index in [1.807, 2.05) is 64.1 Å². The van der Waals surface area contributed by atoms with Gasteiger partial charge in [-0.05, 0) is 42.8 Å². The molecule has 0 fully saturated rings. The van der Waals surface area contributed by atoms with Gasteiger partial charge in [-0.2, -0.15) is 0 Å². The number of amides is 2. The molecule has 6 heteroatoms. The molecule has 27 heavy (non-hydrogen) atoms. The zero-order valence-electron chi connectivity index (χ0n) is 16.5. The van der Waals surface area contributed by atoms with Crippen LogP contribution >= 0.6 is 0 Å². The molecule has 2 rings (SSSR count). The molecule has 2 aromatic carbocycles. The number of nitrogens with one attached hydrogen (secondary N) is 3. The van der Waals surface area contributed by atoms with Crippen LogP contribution in [0.4, 0.5) is 17.1 Å². The molecule has 0 radical (unpaired) electrons. The van der Waals surface area contributed by atoms with Crippen molar-refractivity contribution in [2.24, 2.45) is 5.41 Å². The highest BCUT2D eigenvalue weighted by Gasteiger charge is 2.21. The first kappa shape index (κ1) is 20.3. The Morgan fingerprint density at radius 1 is 1.00 bits per heavy atom. The van der Waals surface area contributed by atoms with Crippen molar-refractivity contribution < 1.29 is 14.3 Å². The third-order valence-corrected chi connectivity index (χ3v) is 3.88. The van der Waals surface area contributed by atoms with Gasteiger partial charge in [0.1, 0.15) is 5.75 Å². The van der Waals surface area contributed by atoms with E-state index in [9.17, 15) is 9.59 Å². The topological polar surface area (TPSA) is 79.5 Å². The van der Waals surface area contributed by atoms with Crippen LogP contribution in [0.3, 0.4) is 0 Å². The van der Waals surface area contributed by atoms with Crippen LogP contribution in [0.2, 0.25) is 0 Å². The minimum Gasteiger partial charge on any atom is -0.495 e. The second kappa shape index (κ2) is 8.58. The predicted octanol–water partition coefficient (Wildman–Crippen LogP) is 4.04. The van der Waals surface area contributed by atoms with Gasteiger partial charge in [-0.25, -0.2) is 0 Å².